The first kappa shape index (κ1) is 21.8. The molecule has 0 atom stereocenters. The topological polar surface area (TPSA) is 115 Å². The van der Waals surface area contributed by atoms with Gasteiger partial charge in [-0.1, -0.05) is 17.7 Å². The van der Waals surface area contributed by atoms with E-state index in [1.165, 1.54) is 68.0 Å². The van der Waals surface area contributed by atoms with Crippen molar-refractivity contribution in [3.63, 3.8) is 0 Å². The molecule has 1 aliphatic heterocycles. The highest BCUT2D eigenvalue weighted by atomic mass is 35.5. The van der Waals surface area contributed by atoms with Crippen molar-refractivity contribution in [2.24, 2.45) is 0 Å². The maximum Gasteiger partial charge on any atom is 0.379 e. The van der Waals surface area contributed by atoms with E-state index < -0.39 is 23.8 Å². The molecule has 2 aromatic carbocycles. The van der Waals surface area contributed by atoms with E-state index in [0.29, 0.717) is 10.6 Å². The number of rotatable bonds is 5. The van der Waals surface area contributed by atoms with Crippen LogP contribution in [0.3, 0.4) is 0 Å². The molecule has 166 valence electrons. The molecular weight excluding hydrogens is 452 g/mol. The number of benzene rings is 2. The number of methoxy groups -OCH3 is 1. The number of ether oxygens (including phenoxy) is 2. The van der Waals surface area contributed by atoms with Crippen LogP contribution in [0.2, 0.25) is 5.02 Å². The van der Waals surface area contributed by atoms with E-state index in [0.717, 1.165) is 4.90 Å². The van der Waals surface area contributed by atoms with Crippen molar-refractivity contribution in [2.45, 2.75) is 0 Å². The molecule has 4 amide bonds. The van der Waals surface area contributed by atoms with Gasteiger partial charge in [-0.25, -0.2) is 14.5 Å². The van der Waals surface area contributed by atoms with Crippen LogP contribution in [-0.4, -0.2) is 30.9 Å². The second kappa shape index (κ2) is 9.01. The van der Waals surface area contributed by atoms with Gasteiger partial charge in [0.1, 0.15) is 5.57 Å². The van der Waals surface area contributed by atoms with Crippen LogP contribution < -0.4 is 19.7 Å². The number of imide groups is 2. The second-order valence-corrected chi connectivity index (χ2v) is 7.15. The highest BCUT2D eigenvalue weighted by Crippen LogP contribution is 2.30. The third-order valence-corrected chi connectivity index (χ3v) is 4.86. The van der Waals surface area contributed by atoms with Gasteiger partial charge in [0.05, 0.1) is 19.1 Å². The summed E-state index contributed by atoms with van der Waals surface area (Å²) in [4.78, 5) is 50.6. The number of nitrogens with one attached hydrogen (secondary N) is 1. The van der Waals surface area contributed by atoms with Crippen molar-refractivity contribution in [3.8, 4) is 11.5 Å². The Bertz CT molecular complexity index is 1280. The Kier molecular flexibility index (Phi) is 5.97. The Morgan fingerprint density at radius 3 is 2.48 bits per heavy atom. The predicted molar refractivity (Wildman–Crippen MR) is 117 cm³/mol. The number of hydrogen-bond acceptors (Lipinski definition) is 7. The molecule has 9 nitrogen and oxygen atoms in total. The van der Waals surface area contributed by atoms with Crippen molar-refractivity contribution in [1.29, 1.82) is 0 Å². The van der Waals surface area contributed by atoms with Crippen molar-refractivity contribution >= 4 is 47.2 Å². The maximum atomic E-state index is 13.0. The minimum Gasteiger partial charge on any atom is -0.493 e. The van der Waals surface area contributed by atoms with Crippen LogP contribution in [0.4, 0.5) is 10.5 Å². The Balaban J connectivity index is 1.63. The smallest absolute Gasteiger partial charge is 0.379 e. The van der Waals surface area contributed by atoms with Crippen LogP contribution in [-0.2, 0) is 9.59 Å². The number of carbonyl (C=O) groups excluding carboxylic acids is 4. The lowest BCUT2D eigenvalue weighted by molar-refractivity contribution is -0.122. The van der Waals surface area contributed by atoms with Crippen LogP contribution in [0.5, 0.6) is 11.5 Å². The molecule has 1 aliphatic rings. The van der Waals surface area contributed by atoms with Crippen molar-refractivity contribution in [2.75, 3.05) is 12.0 Å². The Morgan fingerprint density at radius 1 is 1.06 bits per heavy atom. The van der Waals surface area contributed by atoms with E-state index in [9.17, 15) is 19.2 Å². The fourth-order valence-corrected chi connectivity index (χ4v) is 3.18. The summed E-state index contributed by atoms with van der Waals surface area (Å²) in [6, 6.07) is 12.6. The van der Waals surface area contributed by atoms with Gasteiger partial charge in [-0.2, -0.15) is 0 Å². The summed E-state index contributed by atoms with van der Waals surface area (Å²) in [6.45, 7) is 0. The summed E-state index contributed by atoms with van der Waals surface area (Å²) in [7, 11) is 1.37. The van der Waals surface area contributed by atoms with Crippen LogP contribution in [0, 0.1) is 0 Å². The number of esters is 1. The van der Waals surface area contributed by atoms with Crippen molar-refractivity contribution in [3.05, 3.63) is 82.8 Å². The molecule has 0 radical (unpaired) electrons. The van der Waals surface area contributed by atoms with Gasteiger partial charge in [0.25, 0.3) is 11.8 Å². The molecule has 1 saturated heterocycles. The molecule has 0 unspecified atom stereocenters. The number of halogens is 1. The molecule has 33 heavy (non-hydrogen) atoms. The molecule has 3 aromatic rings. The van der Waals surface area contributed by atoms with E-state index in [1.807, 2.05) is 0 Å². The number of anilines is 1. The van der Waals surface area contributed by atoms with Gasteiger partial charge in [-0.15, -0.1) is 0 Å². The van der Waals surface area contributed by atoms with Gasteiger partial charge < -0.3 is 13.9 Å². The van der Waals surface area contributed by atoms with E-state index in [-0.39, 0.29) is 28.5 Å². The fourth-order valence-electron chi connectivity index (χ4n) is 3.05. The first-order valence-electron chi connectivity index (χ1n) is 9.48. The zero-order valence-corrected chi connectivity index (χ0v) is 17.8. The zero-order valence-electron chi connectivity index (χ0n) is 17.0. The number of furan rings is 1. The molecule has 0 saturated carbocycles. The van der Waals surface area contributed by atoms with Crippen molar-refractivity contribution in [1.82, 2.24) is 5.32 Å². The summed E-state index contributed by atoms with van der Waals surface area (Å²) in [6.07, 6.45) is 2.64. The third kappa shape index (κ3) is 4.48. The molecule has 2 heterocycles. The normalized spacial score (nSPS) is 14.9. The number of amides is 4. The number of hydrogen-bond donors (Lipinski definition) is 1. The SMILES string of the molecule is COc1cc(/C=C2\C(=O)NC(=O)N(c3ccc(Cl)cc3)C2=O)ccc1OC(=O)c1ccco1. The molecular formula is C23H15ClN2O7. The quantitative estimate of drug-likeness (QED) is 0.263. The number of urea groups is 1. The molecule has 1 fully saturated rings. The summed E-state index contributed by atoms with van der Waals surface area (Å²) in [5, 5.41) is 2.57. The van der Waals surface area contributed by atoms with Crippen LogP contribution in [0.1, 0.15) is 16.1 Å². The lowest BCUT2D eigenvalue weighted by Gasteiger charge is -2.26. The van der Waals surface area contributed by atoms with Gasteiger partial charge in [0.15, 0.2) is 11.5 Å². The summed E-state index contributed by atoms with van der Waals surface area (Å²) in [5.74, 6) is -2.07. The fraction of sp³-hybridized carbons (Fsp3) is 0.0435. The number of carbonyl (C=O) groups is 4. The van der Waals surface area contributed by atoms with Crippen molar-refractivity contribution < 1.29 is 33.1 Å². The second-order valence-electron chi connectivity index (χ2n) is 6.71. The highest BCUT2D eigenvalue weighted by Gasteiger charge is 2.36. The Morgan fingerprint density at radius 2 is 1.82 bits per heavy atom. The average Bonchev–Trinajstić information content (AvgIpc) is 3.34. The van der Waals surface area contributed by atoms with Gasteiger partial charge >= 0.3 is 12.0 Å². The number of barbiturate groups is 1. The van der Waals surface area contributed by atoms with Crippen LogP contribution in [0.25, 0.3) is 6.08 Å². The molecule has 1 N–H and O–H groups in total. The van der Waals surface area contributed by atoms with E-state index in [2.05, 4.69) is 5.32 Å². The molecule has 4 rings (SSSR count). The summed E-state index contributed by atoms with van der Waals surface area (Å²) < 4.78 is 15.5. The molecule has 1 aromatic heterocycles. The molecule has 0 aliphatic carbocycles. The third-order valence-electron chi connectivity index (χ3n) is 4.61. The minimum absolute atomic E-state index is 0.0136. The summed E-state index contributed by atoms with van der Waals surface area (Å²) >= 11 is 5.87. The van der Waals surface area contributed by atoms with Crippen LogP contribution in [0.15, 0.2) is 70.9 Å². The predicted octanol–water partition coefficient (Wildman–Crippen LogP) is 3.83. The Hall–Kier alpha value is -4.37. The lowest BCUT2D eigenvalue weighted by atomic mass is 10.1. The highest BCUT2D eigenvalue weighted by molar-refractivity contribution is 6.39. The standard InChI is InChI=1S/C23H15ClN2O7/c1-31-19-12-13(4-9-17(19)33-22(29)18-3-2-10-32-18)11-16-20(27)25-23(30)26(21(16)28)15-7-5-14(24)6-8-15/h2-12H,1H3,(H,25,27,30)/b16-11+. The van der Waals surface area contributed by atoms with E-state index in [4.69, 9.17) is 25.5 Å². The first-order chi connectivity index (χ1) is 15.9. The largest absolute Gasteiger partial charge is 0.493 e. The van der Waals surface area contributed by atoms with E-state index >= 15 is 0 Å². The van der Waals surface area contributed by atoms with Gasteiger partial charge in [-0.05, 0) is 60.2 Å². The van der Waals surface area contributed by atoms with E-state index in [1.54, 1.807) is 6.07 Å². The monoisotopic (exact) mass is 466 g/mol. The minimum atomic E-state index is -0.873. The maximum absolute atomic E-state index is 13.0. The lowest BCUT2D eigenvalue weighted by Crippen LogP contribution is -2.54. The summed E-state index contributed by atoms with van der Waals surface area (Å²) in [5.41, 5.74) is 0.374. The van der Waals surface area contributed by atoms with Gasteiger partial charge in [0.2, 0.25) is 5.76 Å². The first-order valence-corrected chi connectivity index (χ1v) is 9.86. The van der Waals surface area contributed by atoms with Gasteiger partial charge in [-0.3, -0.25) is 14.9 Å². The zero-order chi connectivity index (χ0) is 23.5. The Labute approximate surface area is 192 Å². The molecule has 0 spiro atoms. The molecule has 10 heteroatoms. The molecule has 0 bridgehead atoms. The average molecular weight is 467 g/mol. The number of nitrogens with zero attached hydrogens (tertiary/aromatic N) is 1. The van der Waals surface area contributed by atoms with Gasteiger partial charge in [0, 0.05) is 5.02 Å². The van der Waals surface area contributed by atoms with Crippen LogP contribution >= 0.6 is 11.6 Å².